The Balaban J connectivity index is 2.89. The van der Waals surface area contributed by atoms with Crippen LogP contribution >= 0.6 is 0 Å². The Kier molecular flexibility index (Phi) is 7.96. The van der Waals surface area contributed by atoms with Crippen molar-refractivity contribution in [2.45, 2.75) is 150 Å². The van der Waals surface area contributed by atoms with Crippen molar-refractivity contribution in [3.8, 4) is 0 Å². The first kappa shape index (κ1) is 29.7. The summed E-state index contributed by atoms with van der Waals surface area (Å²) in [5, 5.41) is 0. The van der Waals surface area contributed by atoms with Gasteiger partial charge in [-0.2, -0.15) is 0 Å². The lowest BCUT2D eigenvalue weighted by atomic mass is 9.64. The molecule has 0 aromatic heterocycles. The van der Waals surface area contributed by atoms with Crippen molar-refractivity contribution in [1.29, 1.82) is 0 Å². The predicted molar refractivity (Wildman–Crippen MR) is 159 cm³/mol. The monoisotopic (exact) mass is 476 g/mol. The molecule has 0 saturated carbocycles. The molecular weight excluding hydrogens is 420 g/mol. The fraction of sp³-hybridized carbons (Fsp3) is 0.657. The van der Waals surface area contributed by atoms with Crippen LogP contribution in [0.4, 0.5) is 0 Å². The maximum atomic E-state index is 2.58. The molecule has 0 aliphatic carbocycles. The van der Waals surface area contributed by atoms with E-state index in [-0.39, 0.29) is 27.1 Å². The summed E-state index contributed by atoms with van der Waals surface area (Å²) in [6.45, 7) is 38.1. The van der Waals surface area contributed by atoms with Gasteiger partial charge in [0.05, 0.1) is 0 Å². The van der Waals surface area contributed by atoms with Crippen LogP contribution in [0, 0.1) is 0 Å². The topological polar surface area (TPSA) is 0 Å². The summed E-state index contributed by atoms with van der Waals surface area (Å²) >= 11 is 0. The van der Waals surface area contributed by atoms with Gasteiger partial charge in [-0.1, -0.05) is 141 Å². The zero-order chi connectivity index (χ0) is 27.4. The van der Waals surface area contributed by atoms with Crippen molar-refractivity contribution in [2.24, 2.45) is 0 Å². The van der Waals surface area contributed by atoms with Crippen LogP contribution in [-0.2, 0) is 33.5 Å². The molecule has 0 spiro atoms. The highest BCUT2D eigenvalue weighted by atomic mass is 14.4. The van der Waals surface area contributed by atoms with Gasteiger partial charge >= 0.3 is 0 Å². The van der Waals surface area contributed by atoms with Crippen LogP contribution in [0.25, 0.3) is 0 Å². The lowest BCUT2D eigenvalue weighted by Crippen LogP contribution is -2.32. The Morgan fingerprint density at radius 3 is 1.17 bits per heavy atom. The third kappa shape index (κ3) is 6.81. The van der Waals surface area contributed by atoms with Crippen molar-refractivity contribution in [3.63, 3.8) is 0 Å². The summed E-state index contributed by atoms with van der Waals surface area (Å²) < 4.78 is 0. The van der Waals surface area contributed by atoms with Crippen LogP contribution in [0.2, 0.25) is 0 Å². The van der Waals surface area contributed by atoms with E-state index in [0.717, 1.165) is 6.42 Å². The Hall–Kier alpha value is -1.56. The second-order valence-electron chi connectivity index (χ2n) is 16.2. The van der Waals surface area contributed by atoms with Gasteiger partial charge in [-0.25, -0.2) is 0 Å². The lowest BCUT2D eigenvalue weighted by molar-refractivity contribution is 0.488. The lowest BCUT2D eigenvalue weighted by Gasteiger charge is -2.41. The summed E-state index contributed by atoms with van der Waals surface area (Å²) in [5.41, 5.74) is 11.1. The molecule has 0 aliphatic rings. The molecule has 0 N–H and O–H groups in total. The van der Waals surface area contributed by atoms with Gasteiger partial charge in [-0.3, -0.25) is 0 Å². The number of hydrogen-bond donors (Lipinski definition) is 0. The van der Waals surface area contributed by atoms with Gasteiger partial charge in [-0.05, 0) is 78.4 Å². The van der Waals surface area contributed by atoms with E-state index in [1.807, 2.05) is 0 Å². The van der Waals surface area contributed by atoms with Crippen LogP contribution in [0.3, 0.4) is 0 Å². The Morgan fingerprint density at radius 2 is 0.886 bits per heavy atom. The number of rotatable bonds is 3. The fourth-order valence-electron chi connectivity index (χ4n) is 5.57. The molecule has 0 saturated heterocycles. The minimum absolute atomic E-state index is 0.0736. The van der Waals surface area contributed by atoms with E-state index < -0.39 is 0 Å². The summed E-state index contributed by atoms with van der Waals surface area (Å²) in [5.74, 6) is 0.453. The molecule has 2 aromatic carbocycles. The number of hydrogen-bond acceptors (Lipinski definition) is 0. The second kappa shape index (κ2) is 9.39. The molecular formula is C35H56. The third-order valence-electron chi connectivity index (χ3n) is 7.40. The minimum Gasteiger partial charge on any atom is -0.0585 e. The Labute approximate surface area is 219 Å². The normalized spacial score (nSPS) is 14.9. The maximum absolute atomic E-state index is 2.58. The molecule has 0 amide bonds. The number of benzene rings is 2. The van der Waals surface area contributed by atoms with Crippen molar-refractivity contribution in [1.82, 2.24) is 0 Å². The predicted octanol–water partition coefficient (Wildman–Crippen LogP) is 10.5. The third-order valence-corrected chi connectivity index (χ3v) is 7.40. The molecule has 0 heterocycles. The van der Waals surface area contributed by atoms with Crippen molar-refractivity contribution >= 4 is 0 Å². The molecule has 0 fully saturated rings. The van der Waals surface area contributed by atoms with Crippen molar-refractivity contribution in [2.75, 3.05) is 0 Å². The fourth-order valence-corrected chi connectivity index (χ4v) is 5.57. The first-order valence-corrected chi connectivity index (χ1v) is 13.8. The van der Waals surface area contributed by atoms with E-state index in [9.17, 15) is 0 Å². The summed E-state index contributed by atoms with van der Waals surface area (Å²) in [4.78, 5) is 0. The average molecular weight is 477 g/mol. The molecule has 0 aliphatic heterocycles. The summed E-state index contributed by atoms with van der Waals surface area (Å²) in [7, 11) is 0. The molecule has 196 valence electrons. The van der Waals surface area contributed by atoms with Crippen LogP contribution < -0.4 is 0 Å². The molecule has 0 nitrogen and oxygen atoms in total. The van der Waals surface area contributed by atoms with E-state index in [0.29, 0.717) is 5.92 Å². The van der Waals surface area contributed by atoms with Crippen LogP contribution in [0.1, 0.15) is 156 Å². The van der Waals surface area contributed by atoms with Gasteiger partial charge in [0, 0.05) is 0 Å². The average Bonchev–Trinajstić information content (AvgIpc) is 2.63. The molecule has 0 bridgehead atoms. The van der Waals surface area contributed by atoms with E-state index in [2.05, 4.69) is 141 Å². The maximum Gasteiger partial charge on any atom is -0.0126 e. The quantitative estimate of drug-likeness (QED) is 0.413. The van der Waals surface area contributed by atoms with E-state index in [4.69, 9.17) is 0 Å². The van der Waals surface area contributed by atoms with Gasteiger partial charge < -0.3 is 0 Å². The highest BCUT2D eigenvalue weighted by Crippen LogP contribution is 2.46. The van der Waals surface area contributed by atoms with Gasteiger partial charge in [-0.15, -0.1) is 0 Å². The first-order valence-electron chi connectivity index (χ1n) is 13.8. The SMILES string of the molecule is CC(Cc1c(C(C)(C)C)c(C(C)(C)C)cc(C(C)(C)C)c1C(C)(C)C)c1ccc(C(C)(C)C)cc1. The van der Waals surface area contributed by atoms with E-state index >= 15 is 0 Å². The van der Waals surface area contributed by atoms with E-state index in [1.54, 1.807) is 16.7 Å². The van der Waals surface area contributed by atoms with E-state index in [1.165, 1.54) is 22.3 Å². The van der Waals surface area contributed by atoms with Gasteiger partial charge in [0.25, 0.3) is 0 Å². The van der Waals surface area contributed by atoms with Crippen LogP contribution in [-0.4, -0.2) is 0 Å². The molecule has 1 unspecified atom stereocenters. The largest absolute Gasteiger partial charge is 0.0585 e. The molecule has 1 atom stereocenters. The van der Waals surface area contributed by atoms with Crippen molar-refractivity contribution < 1.29 is 0 Å². The summed E-state index contributed by atoms with van der Waals surface area (Å²) in [6, 6.07) is 12.0. The van der Waals surface area contributed by atoms with Crippen LogP contribution in [0.5, 0.6) is 0 Å². The Bertz CT molecular complexity index is 961. The minimum atomic E-state index is 0.0736. The molecule has 2 aromatic rings. The summed E-state index contributed by atoms with van der Waals surface area (Å²) in [6.07, 6.45) is 1.07. The molecule has 0 radical (unpaired) electrons. The first-order chi connectivity index (χ1) is 15.5. The molecule has 0 heteroatoms. The van der Waals surface area contributed by atoms with Gasteiger partial charge in [0.2, 0.25) is 0 Å². The standard InChI is InChI=1S/C35H56/c1-23(24-17-19-25(20-18-24)31(2,3)4)21-26-29(34(11,12)13)27(32(5,6)7)22-28(33(8,9)10)30(26)35(14,15)16/h17-20,22-23H,21H2,1-16H3. The van der Waals surface area contributed by atoms with Gasteiger partial charge in [0.1, 0.15) is 0 Å². The Morgan fingerprint density at radius 1 is 0.514 bits per heavy atom. The zero-order valence-electron chi connectivity index (χ0n) is 26.2. The highest BCUT2D eigenvalue weighted by Gasteiger charge is 2.36. The zero-order valence-corrected chi connectivity index (χ0v) is 26.2. The van der Waals surface area contributed by atoms with Crippen LogP contribution in [0.15, 0.2) is 30.3 Å². The smallest absolute Gasteiger partial charge is 0.0126 e. The molecule has 35 heavy (non-hydrogen) atoms. The second-order valence-corrected chi connectivity index (χ2v) is 16.2. The van der Waals surface area contributed by atoms with Crippen molar-refractivity contribution in [3.05, 3.63) is 69.3 Å². The highest BCUT2D eigenvalue weighted by molar-refractivity contribution is 5.56. The molecule has 2 rings (SSSR count). The van der Waals surface area contributed by atoms with Gasteiger partial charge in [0.15, 0.2) is 0 Å².